The number of aliphatic hydroxyl groups excluding tert-OH is 1. The zero-order valence-electron chi connectivity index (χ0n) is 20.2. The minimum Gasteiger partial charge on any atom is -0.469 e. The maximum absolute atomic E-state index is 11.3. The molecule has 0 radical (unpaired) electrons. The van der Waals surface area contributed by atoms with Crippen LogP contribution in [-0.2, 0) is 20.8 Å². The molecular weight excluding hydrogens is 416 g/mol. The number of esters is 1. The number of methoxy groups -OCH3 is 1. The number of aromatic nitrogens is 2. The third-order valence-corrected chi connectivity index (χ3v) is 8.14. The van der Waals surface area contributed by atoms with E-state index in [0.717, 1.165) is 56.7 Å². The monoisotopic (exact) mass is 458 g/mol. The van der Waals surface area contributed by atoms with Crippen molar-refractivity contribution in [2.75, 3.05) is 7.11 Å². The number of fused-ring (bicyclic) bond motifs is 2. The van der Waals surface area contributed by atoms with Crippen LogP contribution in [-0.4, -0.2) is 39.9 Å². The summed E-state index contributed by atoms with van der Waals surface area (Å²) < 4.78 is 13.1. The van der Waals surface area contributed by atoms with Gasteiger partial charge < -0.3 is 19.1 Å². The second kappa shape index (κ2) is 12.2. The van der Waals surface area contributed by atoms with Crippen molar-refractivity contribution in [3.8, 4) is 0 Å². The lowest BCUT2D eigenvalue weighted by atomic mass is 9.77. The Bertz CT molecular complexity index is 770. The zero-order chi connectivity index (χ0) is 23.0. The number of carbonyl (C=O) groups is 1. The summed E-state index contributed by atoms with van der Waals surface area (Å²) in [6.45, 7) is 0.892. The van der Waals surface area contributed by atoms with E-state index in [2.05, 4.69) is 21.7 Å². The maximum Gasteiger partial charge on any atom is 0.305 e. The Morgan fingerprint density at radius 3 is 2.79 bits per heavy atom. The predicted molar refractivity (Wildman–Crippen MR) is 127 cm³/mol. The van der Waals surface area contributed by atoms with E-state index in [9.17, 15) is 9.90 Å². The van der Waals surface area contributed by atoms with Gasteiger partial charge in [0.05, 0.1) is 37.4 Å². The molecule has 5 atom stereocenters. The Hall–Kier alpha value is -1.66. The lowest BCUT2D eigenvalue weighted by molar-refractivity contribution is -0.140. The van der Waals surface area contributed by atoms with Gasteiger partial charge in [-0.15, -0.1) is 0 Å². The summed E-state index contributed by atoms with van der Waals surface area (Å²) in [5.74, 6) is 1.68. The molecule has 1 aliphatic carbocycles. The highest BCUT2D eigenvalue weighted by molar-refractivity contribution is 5.69. The van der Waals surface area contributed by atoms with E-state index in [1.54, 1.807) is 0 Å². The van der Waals surface area contributed by atoms with E-state index >= 15 is 0 Å². The number of imidazole rings is 1. The number of nitrogens with zero attached hydrogens (tertiary/aromatic N) is 2. The molecule has 4 rings (SSSR count). The predicted octanol–water partition coefficient (Wildman–Crippen LogP) is 5.36. The molecule has 0 amide bonds. The molecule has 1 saturated carbocycles. The van der Waals surface area contributed by atoms with Crippen LogP contribution in [0, 0.1) is 17.8 Å². The average Bonchev–Trinajstić information content (AvgIpc) is 3.57. The molecule has 0 spiro atoms. The van der Waals surface area contributed by atoms with E-state index in [1.165, 1.54) is 45.6 Å². The Morgan fingerprint density at radius 1 is 1.21 bits per heavy atom. The third kappa shape index (κ3) is 6.69. The molecule has 0 aromatic carbocycles. The topological polar surface area (TPSA) is 73.6 Å². The van der Waals surface area contributed by atoms with E-state index in [0.29, 0.717) is 30.5 Å². The normalized spacial score (nSPS) is 28.5. The van der Waals surface area contributed by atoms with Crippen LogP contribution < -0.4 is 0 Å². The summed E-state index contributed by atoms with van der Waals surface area (Å²) in [7, 11) is 1.43. The molecule has 1 aromatic rings. The van der Waals surface area contributed by atoms with E-state index in [1.807, 2.05) is 12.5 Å². The smallest absolute Gasteiger partial charge is 0.305 e. The molecular formula is C27H42N2O4. The van der Waals surface area contributed by atoms with Crippen molar-refractivity contribution in [2.45, 2.75) is 108 Å². The highest BCUT2D eigenvalue weighted by Gasteiger charge is 2.48. The van der Waals surface area contributed by atoms with Crippen molar-refractivity contribution < 1.29 is 19.4 Å². The summed E-state index contributed by atoms with van der Waals surface area (Å²) in [5.41, 5.74) is 0.807. The minimum atomic E-state index is -0.459. The SMILES string of the molecule is COC(=O)CC/C=C\C[C@H]1[C@@H](Cn2cnc(C(O)CCCC3CCCCC3)c2)[C@@H]2CC[C@H]1O2. The number of ether oxygens (including phenoxy) is 2. The summed E-state index contributed by atoms with van der Waals surface area (Å²) in [5, 5.41) is 10.7. The van der Waals surface area contributed by atoms with E-state index in [-0.39, 0.29) is 5.97 Å². The van der Waals surface area contributed by atoms with Gasteiger partial charge in [-0.3, -0.25) is 4.79 Å². The molecule has 3 fully saturated rings. The molecule has 33 heavy (non-hydrogen) atoms. The van der Waals surface area contributed by atoms with Crippen LogP contribution in [0.15, 0.2) is 24.7 Å². The Balaban J connectivity index is 1.24. The van der Waals surface area contributed by atoms with Crippen molar-refractivity contribution >= 4 is 5.97 Å². The van der Waals surface area contributed by atoms with Gasteiger partial charge in [0, 0.05) is 25.1 Å². The van der Waals surface area contributed by atoms with Gasteiger partial charge in [-0.05, 0) is 43.9 Å². The average molecular weight is 459 g/mol. The van der Waals surface area contributed by atoms with Crippen molar-refractivity contribution in [3.63, 3.8) is 0 Å². The van der Waals surface area contributed by atoms with Gasteiger partial charge in [0.25, 0.3) is 0 Å². The van der Waals surface area contributed by atoms with Crippen molar-refractivity contribution in [1.82, 2.24) is 9.55 Å². The van der Waals surface area contributed by atoms with Crippen LogP contribution in [0.1, 0.15) is 95.3 Å². The van der Waals surface area contributed by atoms with E-state index < -0.39 is 6.10 Å². The Morgan fingerprint density at radius 2 is 2.00 bits per heavy atom. The van der Waals surface area contributed by atoms with Crippen LogP contribution in [0.4, 0.5) is 0 Å². The van der Waals surface area contributed by atoms with Crippen LogP contribution in [0.5, 0.6) is 0 Å². The summed E-state index contributed by atoms with van der Waals surface area (Å²) in [4.78, 5) is 15.8. The van der Waals surface area contributed by atoms with Gasteiger partial charge in [-0.2, -0.15) is 0 Å². The fourth-order valence-electron chi connectivity index (χ4n) is 6.24. The molecule has 2 bridgehead atoms. The van der Waals surface area contributed by atoms with Gasteiger partial charge in [-0.25, -0.2) is 4.98 Å². The molecule has 2 saturated heterocycles. The molecule has 6 heteroatoms. The Labute approximate surface area is 198 Å². The molecule has 1 aromatic heterocycles. The van der Waals surface area contributed by atoms with Crippen molar-refractivity contribution in [1.29, 1.82) is 0 Å². The van der Waals surface area contributed by atoms with Crippen LogP contribution in [0.25, 0.3) is 0 Å². The van der Waals surface area contributed by atoms with Gasteiger partial charge in [0.2, 0.25) is 0 Å². The molecule has 184 valence electrons. The molecule has 3 aliphatic rings. The van der Waals surface area contributed by atoms with Crippen LogP contribution in [0.3, 0.4) is 0 Å². The number of aliphatic hydroxyl groups is 1. The molecule has 1 N–H and O–H groups in total. The van der Waals surface area contributed by atoms with Crippen LogP contribution in [0.2, 0.25) is 0 Å². The number of hydrogen-bond acceptors (Lipinski definition) is 5. The number of allylic oxidation sites excluding steroid dienone is 2. The lowest BCUT2D eigenvalue weighted by Crippen LogP contribution is -2.30. The van der Waals surface area contributed by atoms with Crippen molar-refractivity contribution in [2.24, 2.45) is 17.8 Å². The first-order chi connectivity index (χ1) is 16.1. The molecule has 1 unspecified atom stereocenters. The first-order valence-corrected chi connectivity index (χ1v) is 13.2. The Kier molecular flexibility index (Phi) is 9.02. The van der Waals surface area contributed by atoms with E-state index in [4.69, 9.17) is 9.47 Å². The van der Waals surface area contributed by atoms with Gasteiger partial charge in [0.1, 0.15) is 0 Å². The summed E-state index contributed by atoms with van der Waals surface area (Å²) >= 11 is 0. The number of hydrogen-bond donors (Lipinski definition) is 1. The number of carbonyl (C=O) groups excluding carboxylic acids is 1. The first kappa shape index (κ1) is 24.5. The second-order valence-electron chi connectivity index (χ2n) is 10.4. The van der Waals surface area contributed by atoms with Crippen molar-refractivity contribution in [3.05, 3.63) is 30.4 Å². The minimum absolute atomic E-state index is 0.159. The van der Waals surface area contributed by atoms with Gasteiger partial charge >= 0.3 is 5.97 Å². The fraction of sp³-hybridized carbons (Fsp3) is 0.778. The molecule has 6 nitrogen and oxygen atoms in total. The van der Waals surface area contributed by atoms with Gasteiger partial charge in [0.15, 0.2) is 0 Å². The highest BCUT2D eigenvalue weighted by atomic mass is 16.5. The standard InChI is InChI=1S/C27H42N2O4/c1-32-27(31)14-7-3-6-12-21-22(26-16-15-25(21)33-26)17-29-18-23(28-19-29)24(30)13-8-11-20-9-4-2-5-10-20/h3,6,18-22,24-26,30H,2,4-5,7-17H2,1H3/b6-3-/t21-,22+,24?,25+,26-/m0/s1. The third-order valence-electron chi connectivity index (χ3n) is 8.14. The maximum atomic E-state index is 11.3. The largest absolute Gasteiger partial charge is 0.469 e. The second-order valence-corrected chi connectivity index (χ2v) is 10.4. The summed E-state index contributed by atoms with van der Waals surface area (Å²) in [6, 6.07) is 0. The first-order valence-electron chi connectivity index (χ1n) is 13.2. The number of rotatable bonds is 12. The highest BCUT2D eigenvalue weighted by Crippen LogP contribution is 2.46. The van der Waals surface area contributed by atoms with Gasteiger partial charge in [-0.1, -0.05) is 57.1 Å². The lowest BCUT2D eigenvalue weighted by Gasteiger charge is -2.27. The summed E-state index contributed by atoms with van der Waals surface area (Å²) in [6.07, 6.45) is 22.9. The fourth-order valence-corrected chi connectivity index (χ4v) is 6.24. The molecule has 3 heterocycles. The van der Waals surface area contributed by atoms with Crippen LogP contribution >= 0.6 is 0 Å². The quantitative estimate of drug-likeness (QED) is 0.337. The molecule has 2 aliphatic heterocycles. The zero-order valence-corrected chi connectivity index (χ0v) is 20.2.